The minimum Gasteiger partial charge on any atom is -0.307 e. The predicted molar refractivity (Wildman–Crippen MR) is 69.8 cm³/mol. The summed E-state index contributed by atoms with van der Waals surface area (Å²) in [5.41, 5.74) is 0.416. The second-order valence-electron chi connectivity index (χ2n) is 5.45. The lowest BCUT2D eigenvalue weighted by Crippen LogP contribution is -2.46. The van der Waals surface area contributed by atoms with Gasteiger partial charge in [0.2, 0.25) is 0 Å². The number of rotatable bonds is 3. The monoisotopic (exact) mass is 289 g/mol. The summed E-state index contributed by atoms with van der Waals surface area (Å²) >= 11 is 0. The Morgan fingerprint density at radius 2 is 1.80 bits per heavy atom. The third-order valence-corrected chi connectivity index (χ3v) is 4.02. The molecule has 3 atom stereocenters. The van der Waals surface area contributed by atoms with E-state index < -0.39 is 24.2 Å². The molecule has 1 aliphatic rings. The molecule has 1 saturated carbocycles. The van der Waals surface area contributed by atoms with Crippen LogP contribution in [0, 0.1) is 11.7 Å². The van der Waals surface area contributed by atoms with Crippen molar-refractivity contribution in [3.05, 3.63) is 35.6 Å². The summed E-state index contributed by atoms with van der Waals surface area (Å²) in [4.78, 5) is 0. The topological polar surface area (TPSA) is 12.0 Å². The van der Waals surface area contributed by atoms with Crippen LogP contribution in [0.2, 0.25) is 0 Å². The summed E-state index contributed by atoms with van der Waals surface area (Å²) in [5.74, 6) is -1.71. The molecule has 1 aromatic carbocycles. The van der Waals surface area contributed by atoms with E-state index in [0.29, 0.717) is 18.4 Å². The van der Waals surface area contributed by atoms with Crippen molar-refractivity contribution < 1.29 is 17.6 Å². The minimum absolute atomic E-state index is 0.158. The van der Waals surface area contributed by atoms with E-state index in [2.05, 4.69) is 5.32 Å². The van der Waals surface area contributed by atoms with Crippen molar-refractivity contribution in [3.8, 4) is 0 Å². The second-order valence-corrected chi connectivity index (χ2v) is 5.45. The fourth-order valence-corrected chi connectivity index (χ4v) is 2.96. The molecule has 0 amide bonds. The van der Waals surface area contributed by atoms with Crippen LogP contribution in [0.15, 0.2) is 24.3 Å². The normalized spacial score (nSPS) is 25.4. The van der Waals surface area contributed by atoms with Gasteiger partial charge in [0.05, 0.1) is 5.92 Å². The highest BCUT2D eigenvalue weighted by Gasteiger charge is 2.45. The number of hydrogen-bond donors (Lipinski definition) is 1. The van der Waals surface area contributed by atoms with Crippen molar-refractivity contribution in [2.45, 2.75) is 50.9 Å². The van der Waals surface area contributed by atoms with Crippen LogP contribution in [0.3, 0.4) is 0 Å². The molecule has 0 radical (unpaired) electrons. The maximum Gasteiger partial charge on any atom is 0.393 e. The summed E-state index contributed by atoms with van der Waals surface area (Å²) in [6.45, 7) is 1.71. The molecule has 5 heteroatoms. The Hall–Kier alpha value is -1.10. The minimum atomic E-state index is -4.19. The molecule has 1 aliphatic carbocycles. The fourth-order valence-electron chi connectivity index (χ4n) is 2.96. The lowest BCUT2D eigenvalue weighted by atomic mass is 9.83. The average molecular weight is 289 g/mol. The Bertz CT molecular complexity index is 444. The van der Waals surface area contributed by atoms with Crippen molar-refractivity contribution >= 4 is 0 Å². The molecular weight excluding hydrogens is 270 g/mol. The Labute approximate surface area is 116 Å². The number of alkyl halides is 3. The molecule has 1 N–H and O–H groups in total. The summed E-state index contributed by atoms with van der Waals surface area (Å²) in [5, 5.41) is 2.97. The molecule has 0 bridgehead atoms. The third-order valence-electron chi connectivity index (χ3n) is 4.02. The highest BCUT2D eigenvalue weighted by Crippen LogP contribution is 2.38. The molecule has 0 saturated heterocycles. The van der Waals surface area contributed by atoms with Crippen molar-refractivity contribution in [1.29, 1.82) is 0 Å². The van der Waals surface area contributed by atoms with Crippen molar-refractivity contribution in [2.75, 3.05) is 0 Å². The maximum absolute atomic E-state index is 13.7. The van der Waals surface area contributed by atoms with E-state index in [4.69, 9.17) is 0 Å². The zero-order valence-corrected chi connectivity index (χ0v) is 11.4. The van der Waals surface area contributed by atoms with Gasteiger partial charge in [-0.3, -0.25) is 0 Å². The van der Waals surface area contributed by atoms with Gasteiger partial charge in [-0.25, -0.2) is 4.39 Å². The third kappa shape index (κ3) is 3.51. The largest absolute Gasteiger partial charge is 0.393 e. The maximum atomic E-state index is 13.7. The molecule has 112 valence electrons. The summed E-state index contributed by atoms with van der Waals surface area (Å²) < 4.78 is 52.7. The van der Waals surface area contributed by atoms with E-state index >= 15 is 0 Å². The van der Waals surface area contributed by atoms with Gasteiger partial charge in [0.25, 0.3) is 0 Å². The average Bonchev–Trinajstić information content (AvgIpc) is 2.38. The van der Waals surface area contributed by atoms with Crippen LogP contribution >= 0.6 is 0 Å². The molecule has 1 fully saturated rings. The van der Waals surface area contributed by atoms with E-state index in [1.165, 1.54) is 6.07 Å². The van der Waals surface area contributed by atoms with Gasteiger partial charge in [-0.15, -0.1) is 0 Å². The summed E-state index contributed by atoms with van der Waals surface area (Å²) in [6, 6.07) is 5.15. The van der Waals surface area contributed by atoms with Crippen LogP contribution in [0.1, 0.15) is 44.2 Å². The molecule has 0 spiro atoms. The Balaban J connectivity index is 2.09. The van der Waals surface area contributed by atoms with Crippen molar-refractivity contribution in [3.63, 3.8) is 0 Å². The molecule has 0 aromatic heterocycles. The van der Waals surface area contributed by atoms with Crippen LogP contribution in [-0.2, 0) is 0 Å². The predicted octanol–water partition coefficient (Wildman–Crippen LogP) is 4.60. The van der Waals surface area contributed by atoms with Crippen LogP contribution in [0.5, 0.6) is 0 Å². The van der Waals surface area contributed by atoms with Gasteiger partial charge in [-0.2, -0.15) is 13.2 Å². The van der Waals surface area contributed by atoms with Gasteiger partial charge in [0.15, 0.2) is 0 Å². The van der Waals surface area contributed by atoms with Crippen LogP contribution in [0.4, 0.5) is 17.6 Å². The number of nitrogens with one attached hydrogen (secondary N) is 1. The van der Waals surface area contributed by atoms with Crippen molar-refractivity contribution in [2.24, 2.45) is 5.92 Å². The van der Waals surface area contributed by atoms with Gasteiger partial charge in [-0.05, 0) is 25.8 Å². The molecule has 0 heterocycles. The number of hydrogen-bond acceptors (Lipinski definition) is 1. The zero-order chi connectivity index (χ0) is 14.8. The Morgan fingerprint density at radius 1 is 1.15 bits per heavy atom. The molecule has 1 aromatic rings. The van der Waals surface area contributed by atoms with E-state index in [0.717, 1.165) is 6.42 Å². The first kappa shape index (κ1) is 15.3. The fraction of sp³-hybridized carbons (Fsp3) is 0.600. The standard InChI is InChI=1S/C15H19F4N/c1-10(11-6-2-4-8-13(11)16)20-14-9-5-3-7-12(14)15(17,18)19/h2,4,6,8,10,12,14,20H,3,5,7,9H2,1H3/t10-,12-,14-/m0/s1. The number of halogens is 4. The number of benzene rings is 1. The van der Waals surface area contributed by atoms with Gasteiger partial charge < -0.3 is 5.32 Å². The summed E-state index contributed by atoms with van der Waals surface area (Å²) in [7, 11) is 0. The summed E-state index contributed by atoms with van der Waals surface area (Å²) in [6.07, 6.45) is -2.15. The SMILES string of the molecule is C[C@H](N[C@H]1CCCC[C@@H]1C(F)(F)F)c1ccccc1F. The molecule has 0 unspecified atom stereocenters. The molecular formula is C15H19F4N. The van der Waals surface area contributed by atoms with Gasteiger partial charge in [0.1, 0.15) is 5.82 Å². The second kappa shape index (κ2) is 6.12. The Kier molecular flexibility index (Phi) is 4.68. The van der Waals surface area contributed by atoms with Crippen LogP contribution in [0.25, 0.3) is 0 Å². The molecule has 0 aliphatic heterocycles. The van der Waals surface area contributed by atoms with Gasteiger partial charge in [0, 0.05) is 17.6 Å². The van der Waals surface area contributed by atoms with E-state index in [-0.39, 0.29) is 12.2 Å². The molecule has 20 heavy (non-hydrogen) atoms. The van der Waals surface area contributed by atoms with Crippen LogP contribution < -0.4 is 5.32 Å². The first-order chi connectivity index (χ1) is 9.39. The van der Waals surface area contributed by atoms with Crippen molar-refractivity contribution in [1.82, 2.24) is 5.32 Å². The van der Waals surface area contributed by atoms with Crippen LogP contribution in [-0.4, -0.2) is 12.2 Å². The highest BCUT2D eigenvalue weighted by molar-refractivity contribution is 5.20. The first-order valence-electron chi connectivity index (χ1n) is 6.97. The lowest BCUT2D eigenvalue weighted by molar-refractivity contribution is -0.189. The van der Waals surface area contributed by atoms with E-state index in [9.17, 15) is 17.6 Å². The van der Waals surface area contributed by atoms with E-state index in [1.54, 1.807) is 25.1 Å². The lowest BCUT2D eigenvalue weighted by Gasteiger charge is -2.35. The quantitative estimate of drug-likeness (QED) is 0.802. The Morgan fingerprint density at radius 3 is 2.45 bits per heavy atom. The molecule has 1 nitrogen and oxygen atoms in total. The van der Waals surface area contributed by atoms with Gasteiger partial charge >= 0.3 is 6.18 Å². The molecule has 2 rings (SSSR count). The van der Waals surface area contributed by atoms with Gasteiger partial charge in [-0.1, -0.05) is 31.0 Å². The highest BCUT2D eigenvalue weighted by atomic mass is 19.4. The van der Waals surface area contributed by atoms with E-state index in [1.807, 2.05) is 0 Å². The first-order valence-corrected chi connectivity index (χ1v) is 6.97. The smallest absolute Gasteiger partial charge is 0.307 e. The zero-order valence-electron chi connectivity index (χ0n) is 11.4.